The summed E-state index contributed by atoms with van der Waals surface area (Å²) in [5.74, 6) is 0. The van der Waals surface area contributed by atoms with Crippen LogP contribution in [-0.2, 0) is 15.9 Å². The highest BCUT2D eigenvalue weighted by molar-refractivity contribution is 6.62. The van der Waals surface area contributed by atoms with E-state index in [2.05, 4.69) is 69.2 Å². The molecule has 1 N–H and O–H groups in total. The number of nitrogens with one attached hydrogen (secondary N) is 1. The lowest BCUT2D eigenvalue weighted by molar-refractivity contribution is 0.00578. The van der Waals surface area contributed by atoms with Crippen LogP contribution in [0.25, 0.3) is 0 Å². The minimum atomic E-state index is -0.286. The third-order valence-corrected chi connectivity index (χ3v) is 5.82. The predicted molar refractivity (Wildman–Crippen MR) is 99.5 cm³/mol. The second-order valence-corrected chi connectivity index (χ2v) is 8.29. The molecule has 0 saturated carbocycles. The molecule has 2 saturated heterocycles. The van der Waals surface area contributed by atoms with Crippen molar-refractivity contribution in [1.29, 1.82) is 0 Å². The third kappa shape index (κ3) is 3.85. The van der Waals surface area contributed by atoms with Gasteiger partial charge in [-0.2, -0.15) is 0 Å². The van der Waals surface area contributed by atoms with Crippen LogP contribution in [0.1, 0.15) is 46.1 Å². The van der Waals surface area contributed by atoms with E-state index in [0.29, 0.717) is 6.04 Å². The van der Waals surface area contributed by atoms with Crippen molar-refractivity contribution in [2.24, 2.45) is 0 Å². The fraction of sp³-hybridized carbons (Fsp3) is 0.684. The number of hydrogen-bond donors (Lipinski definition) is 1. The van der Waals surface area contributed by atoms with Gasteiger partial charge in [0.2, 0.25) is 0 Å². The number of nitrogens with zero attached hydrogens (tertiary/aromatic N) is 1. The fourth-order valence-electron chi connectivity index (χ4n) is 3.25. The monoisotopic (exact) mass is 330 g/mol. The summed E-state index contributed by atoms with van der Waals surface area (Å²) in [4.78, 5) is 2.40. The zero-order valence-corrected chi connectivity index (χ0v) is 15.8. The lowest BCUT2D eigenvalue weighted by Crippen LogP contribution is -2.41. The Morgan fingerprint density at radius 1 is 1.04 bits per heavy atom. The summed E-state index contributed by atoms with van der Waals surface area (Å²) in [7, 11) is 1.93. The summed E-state index contributed by atoms with van der Waals surface area (Å²) < 4.78 is 12.2. The fourth-order valence-corrected chi connectivity index (χ4v) is 3.25. The maximum atomic E-state index is 6.11. The van der Waals surface area contributed by atoms with Crippen molar-refractivity contribution < 1.29 is 9.31 Å². The molecule has 1 aromatic rings. The molecule has 0 radical (unpaired) electrons. The molecule has 0 aliphatic carbocycles. The molecule has 4 nitrogen and oxygen atoms in total. The van der Waals surface area contributed by atoms with Crippen LogP contribution in [0, 0.1) is 0 Å². The average molecular weight is 330 g/mol. The minimum Gasteiger partial charge on any atom is -0.399 e. The number of benzene rings is 1. The van der Waals surface area contributed by atoms with Crippen LogP contribution >= 0.6 is 0 Å². The zero-order chi connectivity index (χ0) is 17.4. The highest BCUT2D eigenvalue weighted by Gasteiger charge is 2.51. The van der Waals surface area contributed by atoms with Gasteiger partial charge in [-0.05, 0) is 71.7 Å². The van der Waals surface area contributed by atoms with Gasteiger partial charge < -0.3 is 19.5 Å². The van der Waals surface area contributed by atoms with Gasteiger partial charge in [0.1, 0.15) is 0 Å². The Morgan fingerprint density at radius 2 is 1.58 bits per heavy atom. The van der Waals surface area contributed by atoms with E-state index in [4.69, 9.17) is 9.31 Å². The lowest BCUT2D eigenvalue weighted by atomic mass is 9.79. The number of likely N-dealkylation sites (tertiary alicyclic amines) is 1. The summed E-state index contributed by atoms with van der Waals surface area (Å²) in [6.45, 7) is 11.7. The Balaban J connectivity index is 1.54. The van der Waals surface area contributed by atoms with E-state index >= 15 is 0 Å². The number of rotatable bonds is 4. The molecule has 2 aliphatic heterocycles. The molecule has 5 heteroatoms. The quantitative estimate of drug-likeness (QED) is 0.858. The van der Waals surface area contributed by atoms with Crippen molar-refractivity contribution >= 4 is 12.6 Å². The number of piperidine rings is 1. The molecule has 132 valence electrons. The van der Waals surface area contributed by atoms with E-state index in [1.807, 2.05) is 0 Å². The lowest BCUT2D eigenvalue weighted by Gasteiger charge is -2.32. The molecule has 0 unspecified atom stereocenters. The van der Waals surface area contributed by atoms with Gasteiger partial charge in [-0.1, -0.05) is 24.3 Å². The Kier molecular flexibility index (Phi) is 5.08. The topological polar surface area (TPSA) is 33.7 Å². The molecule has 0 amide bonds. The molecule has 2 fully saturated rings. The molecular formula is C19H31BN2O2. The Labute approximate surface area is 147 Å². The van der Waals surface area contributed by atoms with Gasteiger partial charge in [-0.25, -0.2) is 0 Å². The second kappa shape index (κ2) is 6.79. The SMILES string of the molecule is CN1CCC(NCc2ccc(B3OC(C)(C)C(C)(C)O3)cc2)CC1. The summed E-state index contributed by atoms with van der Waals surface area (Å²) in [5, 5.41) is 3.68. The Hall–Kier alpha value is -0.875. The van der Waals surface area contributed by atoms with Crippen molar-refractivity contribution in [2.75, 3.05) is 20.1 Å². The number of hydrogen-bond acceptors (Lipinski definition) is 4. The van der Waals surface area contributed by atoms with Gasteiger partial charge in [-0.3, -0.25) is 0 Å². The van der Waals surface area contributed by atoms with Crippen LogP contribution in [-0.4, -0.2) is 49.4 Å². The van der Waals surface area contributed by atoms with E-state index in [-0.39, 0.29) is 18.3 Å². The summed E-state index contributed by atoms with van der Waals surface area (Å²) in [6.07, 6.45) is 2.48. The van der Waals surface area contributed by atoms with Gasteiger partial charge in [0.15, 0.2) is 0 Å². The van der Waals surface area contributed by atoms with E-state index in [1.54, 1.807) is 0 Å². The van der Waals surface area contributed by atoms with E-state index in [9.17, 15) is 0 Å². The van der Waals surface area contributed by atoms with Crippen LogP contribution < -0.4 is 10.8 Å². The van der Waals surface area contributed by atoms with Crippen LogP contribution in [0.5, 0.6) is 0 Å². The summed E-state index contributed by atoms with van der Waals surface area (Å²) >= 11 is 0. The first-order valence-electron chi connectivity index (χ1n) is 9.13. The van der Waals surface area contributed by atoms with Gasteiger partial charge >= 0.3 is 7.12 Å². The second-order valence-electron chi connectivity index (χ2n) is 8.29. The molecule has 0 spiro atoms. The van der Waals surface area contributed by atoms with E-state index in [1.165, 1.54) is 31.5 Å². The van der Waals surface area contributed by atoms with Gasteiger partial charge in [0, 0.05) is 12.6 Å². The Bertz CT molecular complexity index is 535. The van der Waals surface area contributed by atoms with Crippen LogP contribution in [0.3, 0.4) is 0 Å². The first-order valence-corrected chi connectivity index (χ1v) is 9.13. The van der Waals surface area contributed by atoms with E-state index in [0.717, 1.165) is 12.0 Å². The van der Waals surface area contributed by atoms with Crippen molar-refractivity contribution in [3.63, 3.8) is 0 Å². The first-order chi connectivity index (χ1) is 11.3. The first kappa shape index (κ1) is 17.9. The highest BCUT2D eigenvalue weighted by atomic mass is 16.7. The molecule has 1 aromatic carbocycles. The van der Waals surface area contributed by atoms with Crippen LogP contribution in [0.4, 0.5) is 0 Å². The molecule has 24 heavy (non-hydrogen) atoms. The smallest absolute Gasteiger partial charge is 0.399 e. The van der Waals surface area contributed by atoms with Crippen molar-refractivity contribution in [3.05, 3.63) is 29.8 Å². The van der Waals surface area contributed by atoms with Crippen molar-refractivity contribution in [3.8, 4) is 0 Å². The van der Waals surface area contributed by atoms with Crippen molar-refractivity contribution in [1.82, 2.24) is 10.2 Å². The minimum absolute atomic E-state index is 0.272. The normalized spacial score (nSPS) is 24.5. The molecule has 3 rings (SSSR count). The maximum Gasteiger partial charge on any atom is 0.494 e. The zero-order valence-electron chi connectivity index (χ0n) is 15.8. The largest absolute Gasteiger partial charge is 0.494 e. The standard InChI is InChI=1S/C19H31BN2O2/c1-18(2)19(3,4)24-20(23-18)16-8-6-15(7-9-16)14-21-17-10-12-22(5)13-11-17/h6-9,17,21H,10-14H2,1-5H3. The molecule has 0 bridgehead atoms. The molecule has 0 atom stereocenters. The van der Waals surface area contributed by atoms with Crippen LogP contribution in [0.2, 0.25) is 0 Å². The van der Waals surface area contributed by atoms with Gasteiger partial charge in [0.05, 0.1) is 11.2 Å². The third-order valence-electron chi connectivity index (χ3n) is 5.82. The maximum absolute atomic E-state index is 6.11. The molecular weight excluding hydrogens is 299 g/mol. The Morgan fingerprint density at radius 3 is 2.12 bits per heavy atom. The predicted octanol–water partition coefficient (Wildman–Crippen LogP) is 2.17. The molecule has 0 aromatic heterocycles. The average Bonchev–Trinajstić information content (AvgIpc) is 2.75. The van der Waals surface area contributed by atoms with Gasteiger partial charge in [-0.15, -0.1) is 0 Å². The van der Waals surface area contributed by atoms with Gasteiger partial charge in [0.25, 0.3) is 0 Å². The summed E-state index contributed by atoms with van der Waals surface area (Å²) in [5.41, 5.74) is 1.84. The van der Waals surface area contributed by atoms with Crippen molar-refractivity contribution in [2.45, 2.75) is 64.3 Å². The van der Waals surface area contributed by atoms with E-state index < -0.39 is 0 Å². The van der Waals surface area contributed by atoms with Crippen LogP contribution in [0.15, 0.2) is 24.3 Å². The molecule has 2 aliphatic rings. The molecule has 2 heterocycles. The highest BCUT2D eigenvalue weighted by Crippen LogP contribution is 2.36. The summed E-state index contributed by atoms with van der Waals surface area (Å²) in [6, 6.07) is 9.27.